The van der Waals surface area contributed by atoms with Gasteiger partial charge in [-0.05, 0) is 80.8 Å². The van der Waals surface area contributed by atoms with E-state index in [4.69, 9.17) is 0 Å². The van der Waals surface area contributed by atoms with Crippen molar-refractivity contribution in [1.82, 2.24) is 9.55 Å². The predicted molar refractivity (Wildman–Crippen MR) is 144 cm³/mol. The Labute approximate surface area is 213 Å². The monoisotopic (exact) mass is 518 g/mol. The lowest BCUT2D eigenvalue weighted by Gasteiger charge is -2.15. The predicted octanol–water partition coefficient (Wildman–Crippen LogP) is 4.02. The van der Waals surface area contributed by atoms with Crippen molar-refractivity contribution in [1.29, 1.82) is 0 Å². The summed E-state index contributed by atoms with van der Waals surface area (Å²) >= 11 is 0. The third-order valence-corrected chi connectivity index (χ3v) is 7.14. The topological polar surface area (TPSA) is 134 Å². The average molecular weight is 519 g/mol. The van der Waals surface area contributed by atoms with Crippen LogP contribution in [0.4, 0.5) is 11.4 Å². The smallest absolute Gasteiger partial charge is 0.335 e. The lowest BCUT2D eigenvalue weighted by atomic mass is 10.0. The molecule has 0 radical (unpaired) electrons. The molecule has 37 heavy (non-hydrogen) atoms. The molecule has 0 unspecified atom stereocenters. The second-order valence-corrected chi connectivity index (χ2v) is 10.5. The van der Waals surface area contributed by atoms with Crippen molar-refractivity contribution in [2.24, 2.45) is 4.99 Å². The highest BCUT2D eigenvalue weighted by atomic mass is 32.2. The van der Waals surface area contributed by atoms with Crippen LogP contribution in [0.3, 0.4) is 0 Å². The van der Waals surface area contributed by atoms with Crippen LogP contribution in [0, 0.1) is 27.7 Å². The molecular formula is C27H26N4O5S. The van der Waals surface area contributed by atoms with Gasteiger partial charge < -0.3 is 5.11 Å². The van der Waals surface area contributed by atoms with Gasteiger partial charge in [0.2, 0.25) is 5.88 Å². The van der Waals surface area contributed by atoms with Crippen LogP contribution in [0.2, 0.25) is 0 Å². The maximum atomic E-state index is 12.7. The van der Waals surface area contributed by atoms with Crippen LogP contribution in [0.25, 0.3) is 5.69 Å². The minimum atomic E-state index is -3.81. The molecule has 0 atom stereocenters. The van der Waals surface area contributed by atoms with Gasteiger partial charge in [-0.2, -0.15) is 0 Å². The van der Waals surface area contributed by atoms with Crippen molar-refractivity contribution in [2.45, 2.75) is 32.6 Å². The molecule has 0 saturated carbocycles. The Morgan fingerprint density at radius 1 is 0.919 bits per heavy atom. The summed E-state index contributed by atoms with van der Waals surface area (Å²) < 4.78 is 29.0. The molecule has 0 spiro atoms. The highest BCUT2D eigenvalue weighted by Gasteiger charge is 2.18. The number of aromatic amines is 1. The minimum Gasteiger partial charge on any atom is -0.493 e. The summed E-state index contributed by atoms with van der Waals surface area (Å²) in [7, 11) is -3.81. The van der Waals surface area contributed by atoms with Crippen molar-refractivity contribution in [2.75, 3.05) is 4.72 Å². The van der Waals surface area contributed by atoms with E-state index in [0.717, 1.165) is 33.0 Å². The van der Waals surface area contributed by atoms with E-state index in [1.165, 1.54) is 24.3 Å². The number of aromatic hydroxyl groups is 1. The molecule has 0 saturated heterocycles. The maximum absolute atomic E-state index is 12.7. The number of nitrogens with one attached hydrogen (secondary N) is 2. The van der Waals surface area contributed by atoms with Gasteiger partial charge in [-0.15, -0.1) is 0 Å². The van der Waals surface area contributed by atoms with Crippen LogP contribution in [0.1, 0.15) is 27.8 Å². The first-order valence-corrected chi connectivity index (χ1v) is 12.8. The summed E-state index contributed by atoms with van der Waals surface area (Å²) in [5, 5.41) is 10.9. The molecule has 4 rings (SSSR count). The number of nitrogens with zero attached hydrogens (tertiary/aromatic N) is 2. The number of hydrogen-bond acceptors (Lipinski definition) is 6. The highest BCUT2D eigenvalue weighted by Crippen LogP contribution is 2.25. The number of aliphatic imine (C=N–C) groups is 1. The molecule has 0 amide bonds. The van der Waals surface area contributed by atoms with Gasteiger partial charge in [0, 0.05) is 11.9 Å². The van der Waals surface area contributed by atoms with Gasteiger partial charge in [0.05, 0.1) is 16.3 Å². The lowest BCUT2D eigenvalue weighted by molar-refractivity contribution is 0.429. The first-order chi connectivity index (χ1) is 17.5. The number of rotatable bonds is 6. The van der Waals surface area contributed by atoms with Crippen molar-refractivity contribution in [3.05, 3.63) is 109 Å². The third kappa shape index (κ3) is 5.39. The molecule has 0 aliphatic heterocycles. The number of sulfonamides is 1. The first-order valence-electron chi connectivity index (χ1n) is 11.4. The van der Waals surface area contributed by atoms with E-state index in [2.05, 4.69) is 14.7 Å². The normalized spacial score (nSPS) is 11.7. The van der Waals surface area contributed by atoms with Gasteiger partial charge in [-0.25, -0.2) is 17.8 Å². The van der Waals surface area contributed by atoms with Crippen molar-refractivity contribution >= 4 is 27.6 Å². The van der Waals surface area contributed by atoms with Crippen molar-refractivity contribution in [3.8, 4) is 11.6 Å². The van der Waals surface area contributed by atoms with Crippen LogP contribution >= 0.6 is 0 Å². The van der Waals surface area contributed by atoms with Crippen LogP contribution in [-0.4, -0.2) is 29.3 Å². The number of benzene rings is 3. The van der Waals surface area contributed by atoms with Gasteiger partial charge in [-0.1, -0.05) is 29.8 Å². The lowest BCUT2D eigenvalue weighted by Crippen LogP contribution is -2.32. The zero-order valence-corrected chi connectivity index (χ0v) is 21.6. The Bertz CT molecular complexity index is 1730. The van der Waals surface area contributed by atoms with Gasteiger partial charge in [0.1, 0.15) is 5.56 Å². The second-order valence-electron chi connectivity index (χ2n) is 8.81. The molecule has 0 aliphatic rings. The summed E-state index contributed by atoms with van der Waals surface area (Å²) in [4.78, 5) is 31.5. The molecule has 0 fully saturated rings. The van der Waals surface area contributed by atoms with Crippen LogP contribution in [0.5, 0.6) is 5.88 Å². The van der Waals surface area contributed by atoms with E-state index >= 15 is 0 Å². The zero-order chi connectivity index (χ0) is 26.9. The third-order valence-electron chi connectivity index (χ3n) is 5.74. The largest absolute Gasteiger partial charge is 0.493 e. The molecule has 0 aliphatic carbocycles. The fourth-order valence-electron chi connectivity index (χ4n) is 4.16. The maximum Gasteiger partial charge on any atom is 0.335 e. The van der Waals surface area contributed by atoms with Gasteiger partial charge >= 0.3 is 5.69 Å². The molecule has 190 valence electrons. The van der Waals surface area contributed by atoms with Crippen LogP contribution in [-0.2, 0) is 10.0 Å². The summed E-state index contributed by atoms with van der Waals surface area (Å²) in [6, 6.07) is 16.4. The van der Waals surface area contributed by atoms with Gasteiger partial charge in [-0.3, -0.25) is 19.5 Å². The van der Waals surface area contributed by atoms with E-state index < -0.39 is 27.2 Å². The van der Waals surface area contributed by atoms with Crippen LogP contribution < -0.4 is 16.0 Å². The summed E-state index contributed by atoms with van der Waals surface area (Å²) in [6.45, 7) is 7.40. The Hall–Kier alpha value is -4.44. The van der Waals surface area contributed by atoms with E-state index in [9.17, 15) is 23.1 Å². The Morgan fingerprint density at radius 2 is 1.57 bits per heavy atom. The standard InChI is InChI=1S/C27H26N4O5S/c1-16-6-5-7-21(14-16)30-37(35,36)22-10-8-20(9-11-22)28-15-23-25(32)29-27(34)31(26(23)33)24-18(3)12-17(2)13-19(24)4/h5-15,30,33H,1-4H3,(H,29,32,34). The molecular weight excluding hydrogens is 492 g/mol. The van der Waals surface area contributed by atoms with Gasteiger partial charge in [0.15, 0.2) is 0 Å². The van der Waals surface area contributed by atoms with E-state index in [0.29, 0.717) is 17.1 Å². The Kier molecular flexibility index (Phi) is 6.86. The second kappa shape index (κ2) is 9.90. The average Bonchev–Trinajstić information content (AvgIpc) is 2.80. The van der Waals surface area contributed by atoms with Crippen molar-refractivity contribution in [3.63, 3.8) is 0 Å². The summed E-state index contributed by atoms with van der Waals surface area (Å²) in [5.41, 5.74) is 2.89. The number of H-pyrrole nitrogens is 1. The molecule has 4 aromatic rings. The molecule has 3 aromatic carbocycles. The first kappa shape index (κ1) is 25.6. The number of hydrogen-bond donors (Lipinski definition) is 3. The van der Waals surface area contributed by atoms with Crippen molar-refractivity contribution < 1.29 is 13.5 Å². The summed E-state index contributed by atoms with van der Waals surface area (Å²) in [6.07, 6.45) is 1.14. The molecule has 9 nitrogen and oxygen atoms in total. The van der Waals surface area contributed by atoms with E-state index in [1.54, 1.807) is 18.2 Å². The molecule has 1 aromatic heterocycles. The number of aryl methyl sites for hydroxylation is 4. The van der Waals surface area contributed by atoms with E-state index in [1.807, 2.05) is 45.9 Å². The molecule has 3 N–H and O–H groups in total. The molecule has 0 bridgehead atoms. The SMILES string of the molecule is Cc1cccc(NS(=O)(=O)c2ccc(N=Cc3c(O)n(-c4c(C)cc(C)cc4C)c(=O)[nH]c3=O)cc2)c1. The summed E-state index contributed by atoms with van der Waals surface area (Å²) in [5.74, 6) is -0.547. The Balaban J connectivity index is 1.66. The fourth-order valence-corrected chi connectivity index (χ4v) is 5.21. The van der Waals surface area contributed by atoms with E-state index in [-0.39, 0.29) is 10.5 Å². The fraction of sp³-hybridized carbons (Fsp3) is 0.148. The highest BCUT2D eigenvalue weighted by molar-refractivity contribution is 7.92. The Morgan fingerprint density at radius 3 is 2.19 bits per heavy atom. The molecule has 10 heteroatoms. The molecule has 1 heterocycles. The quantitative estimate of drug-likeness (QED) is 0.332. The zero-order valence-electron chi connectivity index (χ0n) is 20.7. The minimum absolute atomic E-state index is 0.0347. The number of aromatic nitrogens is 2. The van der Waals surface area contributed by atoms with Crippen LogP contribution in [0.15, 0.2) is 80.1 Å². The van der Waals surface area contributed by atoms with Gasteiger partial charge in [0.25, 0.3) is 15.6 Å². The number of anilines is 1.